The van der Waals surface area contributed by atoms with Crippen molar-refractivity contribution >= 4 is 12.1 Å². The van der Waals surface area contributed by atoms with Crippen molar-refractivity contribution in [2.45, 2.75) is 64.2 Å². The van der Waals surface area contributed by atoms with Gasteiger partial charge in [0.2, 0.25) is 0 Å². The molecule has 2 saturated heterocycles. The number of benzene rings is 2. The maximum absolute atomic E-state index is 12.7. The van der Waals surface area contributed by atoms with Gasteiger partial charge in [-0.2, -0.15) is 10.5 Å². The van der Waals surface area contributed by atoms with Gasteiger partial charge in [-0.3, -0.25) is 0 Å². The number of piperidine rings is 2. The van der Waals surface area contributed by atoms with Crippen LogP contribution in [-0.2, 0) is 12.8 Å². The number of aryl methyl sites for hydroxylation is 2. The zero-order chi connectivity index (χ0) is 29.7. The average Bonchev–Trinajstić information content (AvgIpc) is 3.05. The highest BCUT2D eigenvalue weighted by molar-refractivity contribution is 5.74. The van der Waals surface area contributed by atoms with E-state index in [-0.39, 0.29) is 22.9 Å². The summed E-state index contributed by atoms with van der Waals surface area (Å²) in [6, 6.07) is 25.5. The third-order valence-corrected chi connectivity index (χ3v) is 9.12. The van der Waals surface area contributed by atoms with Crippen molar-refractivity contribution in [1.82, 2.24) is 20.4 Å². The highest BCUT2D eigenvalue weighted by Gasteiger charge is 2.37. The molecule has 8 heteroatoms. The number of carbonyl (C=O) groups is 2. The molecular weight excluding hydrogens is 524 g/mol. The molecule has 2 aliphatic heterocycles. The van der Waals surface area contributed by atoms with Crippen molar-refractivity contribution in [3.63, 3.8) is 0 Å². The van der Waals surface area contributed by atoms with Crippen LogP contribution in [0.5, 0.6) is 0 Å². The Bertz CT molecular complexity index is 1120. The molecule has 2 aliphatic rings. The van der Waals surface area contributed by atoms with Crippen molar-refractivity contribution in [3.8, 4) is 12.1 Å². The quantitative estimate of drug-likeness (QED) is 0.341. The number of likely N-dealkylation sites (tertiary alicyclic amines) is 2. The van der Waals surface area contributed by atoms with Crippen LogP contribution in [0.2, 0.25) is 0 Å². The van der Waals surface area contributed by atoms with Crippen molar-refractivity contribution in [2.24, 2.45) is 10.8 Å². The molecule has 0 unspecified atom stereocenters. The summed E-state index contributed by atoms with van der Waals surface area (Å²) in [5.74, 6) is 0. The lowest BCUT2D eigenvalue weighted by Crippen LogP contribution is -2.48. The highest BCUT2D eigenvalue weighted by Crippen LogP contribution is 2.36. The fraction of sp³-hybridized carbons (Fsp3) is 0.529. The largest absolute Gasteiger partial charge is 0.338 e. The minimum atomic E-state index is -0.364. The van der Waals surface area contributed by atoms with E-state index in [1.54, 1.807) is 0 Å². The van der Waals surface area contributed by atoms with Crippen LogP contribution in [0.25, 0.3) is 0 Å². The molecular formula is C34H44N6O2. The third kappa shape index (κ3) is 8.73. The summed E-state index contributed by atoms with van der Waals surface area (Å²) in [5, 5.41) is 25.7. The molecule has 42 heavy (non-hydrogen) atoms. The monoisotopic (exact) mass is 568 g/mol. The van der Waals surface area contributed by atoms with Crippen molar-refractivity contribution in [3.05, 3.63) is 71.8 Å². The van der Waals surface area contributed by atoms with Crippen LogP contribution in [0.1, 0.15) is 62.5 Å². The topological polar surface area (TPSA) is 112 Å². The van der Waals surface area contributed by atoms with Crippen LogP contribution in [0.4, 0.5) is 9.59 Å². The first-order chi connectivity index (χ1) is 20.5. The van der Waals surface area contributed by atoms with E-state index in [4.69, 9.17) is 0 Å². The standard InChI is InChI=1S/C34H44N6O2/c35-27-33(15-13-29-9-3-1-4-10-29)17-23-39(24-18-33)31(41)37-21-7-8-22-38-32(42)40-25-19-34(28-36,20-26-40)16-14-30-11-5-2-6-12-30/h1-6,9-12H,7-8,13-26H2,(H,37,41)(H,38,42). The minimum Gasteiger partial charge on any atom is -0.338 e. The van der Waals surface area contributed by atoms with Gasteiger partial charge in [-0.25, -0.2) is 9.59 Å². The number of unbranched alkanes of at least 4 members (excludes halogenated alkanes) is 1. The molecule has 2 heterocycles. The van der Waals surface area contributed by atoms with Gasteiger partial charge in [-0.15, -0.1) is 0 Å². The van der Waals surface area contributed by atoms with Gasteiger partial charge in [0, 0.05) is 39.3 Å². The summed E-state index contributed by atoms with van der Waals surface area (Å²) in [4.78, 5) is 29.0. The molecule has 0 bridgehead atoms. The van der Waals surface area contributed by atoms with E-state index in [1.165, 1.54) is 11.1 Å². The predicted octanol–water partition coefficient (Wildman–Crippen LogP) is 5.66. The molecule has 2 aromatic carbocycles. The molecule has 0 radical (unpaired) electrons. The van der Waals surface area contributed by atoms with Crippen LogP contribution in [0, 0.1) is 33.5 Å². The number of nitriles is 2. The summed E-state index contributed by atoms with van der Waals surface area (Å²) in [6.07, 6.45) is 7.76. The molecule has 2 aromatic rings. The Balaban J connectivity index is 1.06. The van der Waals surface area contributed by atoms with Crippen molar-refractivity contribution in [2.75, 3.05) is 39.3 Å². The molecule has 0 atom stereocenters. The van der Waals surface area contributed by atoms with Gasteiger partial charge in [-0.05, 0) is 75.3 Å². The maximum atomic E-state index is 12.7. The summed E-state index contributed by atoms with van der Waals surface area (Å²) in [5.41, 5.74) is 1.76. The first-order valence-corrected chi connectivity index (χ1v) is 15.4. The second-order valence-corrected chi connectivity index (χ2v) is 11.9. The van der Waals surface area contributed by atoms with Gasteiger partial charge in [0.25, 0.3) is 0 Å². The van der Waals surface area contributed by atoms with E-state index in [9.17, 15) is 20.1 Å². The Labute approximate surface area is 250 Å². The lowest BCUT2D eigenvalue weighted by molar-refractivity contribution is 0.142. The minimum absolute atomic E-state index is 0.0739. The van der Waals surface area contributed by atoms with Gasteiger partial charge in [0.15, 0.2) is 0 Å². The molecule has 2 N–H and O–H groups in total. The van der Waals surface area contributed by atoms with E-state index in [1.807, 2.05) is 46.2 Å². The lowest BCUT2D eigenvalue weighted by atomic mass is 9.75. The second-order valence-electron chi connectivity index (χ2n) is 11.9. The summed E-state index contributed by atoms with van der Waals surface area (Å²) in [6.45, 7) is 3.49. The molecule has 0 spiro atoms. The first kappa shape index (κ1) is 30.9. The summed E-state index contributed by atoms with van der Waals surface area (Å²) >= 11 is 0. The predicted molar refractivity (Wildman–Crippen MR) is 163 cm³/mol. The number of nitrogens with zero attached hydrogens (tertiary/aromatic N) is 4. The third-order valence-electron chi connectivity index (χ3n) is 9.12. The lowest BCUT2D eigenvalue weighted by Gasteiger charge is -2.37. The van der Waals surface area contributed by atoms with Crippen LogP contribution < -0.4 is 10.6 Å². The Morgan fingerprint density at radius 2 is 1.00 bits per heavy atom. The van der Waals surface area contributed by atoms with Gasteiger partial charge in [0.05, 0.1) is 23.0 Å². The Hall–Kier alpha value is -4.04. The molecule has 222 valence electrons. The van der Waals surface area contributed by atoms with Gasteiger partial charge in [0.1, 0.15) is 0 Å². The van der Waals surface area contributed by atoms with Crippen molar-refractivity contribution < 1.29 is 9.59 Å². The second kappa shape index (κ2) is 15.3. The smallest absolute Gasteiger partial charge is 0.317 e. The SMILES string of the molecule is N#CC1(CCc2ccccc2)CCN(C(=O)NCCCCNC(=O)N2CCC(C#N)(CCc3ccccc3)CC2)CC1. The number of hydrogen-bond acceptors (Lipinski definition) is 4. The zero-order valence-corrected chi connectivity index (χ0v) is 24.7. The molecule has 8 nitrogen and oxygen atoms in total. The molecule has 4 rings (SSSR count). The van der Waals surface area contributed by atoms with Crippen LogP contribution in [-0.4, -0.2) is 61.1 Å². The number of hydrogen-bond donors (Lipinski definition) is 2. The van der Waals surface area contributed by atoms with E-state index in [0.717, 1.165) is 38.5 Å². The Morgan fingerprint density at radius 1 is 0.643 bits per heavy atom. The fourth-order valence-electron chi connectivity index (χ4n) is 6.03. The number of amides is 4. The van der Waals surface area contributed by atoms with Gasteiger partial charge < -0.3 is 20.4 Å². The number of urea groups is 2. The maximum Gasteiger partial charge on any atom is 0.317 e. The number of nitrogens with one attached hydrogen (secondary N) is 2. The number of carbonyl (C=O) groups excluding carboxylic acids is 2. The normalized spacial score (nSPS) is 17.5. The molecule has 2 fully saturated rings. The molecule has 4 amide bonds. The van der Waals surface area contributed by atoms with Crippen LogP contribution >= 0.6 is 0 Å². The average molecular weight is 569 g/mol. The summed E-state index contributed by atoms with van der Waals surface area (Å²) < 4.78 is 0. The Kier molecular flexibility index (Phi) is 11.2. The zero-order valence-electron chi connectivity index (χ0n) is 24.7. The van der Waals surface area contributed by atoms with Gasteiger partial charge >= 0.3 is 12.1 Å². The molecule has 0 aliphatic carbocycles. The molecule has 0 aromatic heterocycles. The highest BCUT2D eigenvalue weighted by atomic mass is 16.2. The van der Waals surface area contributed by atoms with Crippen LogP contribution in [0.3, 0.4) is 0 Å². The van der Waals surface area contributed by atoms with Gasteiger partial charge in [-0.1, -0.05) is 60.7 Å². The van der Waals surface area contributed by atoms with E-state index in [0.29, 0.717) is 65.0 Å². The Morgan fingerprint density at radius 3 is 1.33 bits per heavy atom. The number of rotatable bonds is 11. The first-order valence-electron chi connectivity index (χ1n) is 15.4. The summed E-state index contributed by atoms with van der Waals surface area (Å²) in [7, 11) is 0. The molecule has 0 saturated carbocycles. The fourth-order valence-corrected chi connectivity index (χ4v) is 6.03. The van der Waals surface area contributed by atoms with E-state index >= 15 is 0 Å². The van der Waals surface area contributed by atoms with E-state index in [2.05, 4.69) is 47.0 Å². The van der Waals surface area contributed by atoms with Crippen molar-refractivity contribution in [1.29, 1.82) is 10.5 Å². The van der Waals surface area contributed by atoms with Crippen LogP contribution in [0.15, 0.2) is 60.7 Å². The van der Waals surface area contributed by atoms with E-state index < -0.39 is 0 Å².